The lowest BCUT2D eigenvalue weighted by Crippen LogP contribution is -2.17. The highest BCUT2D eigenvalue weighted by atomic mass is 16.6. The summed E-state index contributed by atoms with van der Waals surface area (Å²) >= 11 is 0. The number of rotatable bonds is 6. The Hall–Kier alpha value is -2.42. The van der Waals surface area contributed by atoms with Gasteiger partial charge in [-0.05, 0) is 6.07 Å². The van der Waals surface area contributed by atoms with E-state index < -0.39 is 4.92 Å². The van der Waals surface area contributed by atoms with Crippen LogP contribution in [-0.2, 0) is 4.74 Å². The van der Waals surface area contributed by atoms with Gasteiger partial charge in [0.2, 0.25) is 5.82 Å². The zero-order chi connectivity index (χ0) is 13.5. The van der Waals surface area contributed by atoms with Crippen LogP contribution in [0.1, 0.15) is 5.69 Å². The third kappa shape index (κ3) is 3.28. The number of ether oxygens (including phenoxy) is 1. The van der Waals surface area contributed by atoms with Gasteiger partial charge in [0.1, 0.15) is 5.69 Å². The van der Waals surface area contributed by atoms with E-state index in [4.69, 9.17) is 15.7 Å². The second kappa shape index (κ2) is 6.35. The Labute approximate surface area is 102 Å². The van der Waals surface area contributed by atoms with Gasteiger partial charge in [-0.3, -0.25) is 10.1 Å². The molecule has 4 N–H and O–H groups in total. The normalized spacial score (nSPS) is 11.3. The minimum absolute atomic E-state index is 0.0427. The number of nitrogens with zero attached hydrogens (tertiary/aromatic N) is 3. The number of hydrogen-bond acceptors (Lipinski definition) is 7. The summed E-state index contributed by atoms with van der Waals surface area (Å²) < 4.78 is 4.81. The van der Waals surface area contributed by atoms with Crippen molar-refractivity contribution < 1.29 is 14.9 Å². The Morgan fingerprint density at radius 1 is 1.72 bits per heavy atom. The molecular formula is C9H13N5O4. The third-order valence-corrected chi connectivity index (χ3v) is 2.04. The predicted octanol–water partition coefficient (Wildman–Crippen LogP) is 0.143. The van der Waals surface area contributed by atoms with Crippen LogP contribution in [-0.4, -0.2) is 41.2 Å². The fraction of sp³-hybridized carbons (Fsp3) is 0.333. The molecular weight excluding hydrogens is 242 g/mol. The number of nitrogens with two attached hydrogens (primary N) is 1. The first-order chi connectivity index (χ1) is 8.60. The molecule has 0 spiro atoms. The lowest BCUT2D eigenvalue weighted by atomic mass is 10.3. The van der Waals surface area contributed by atoms with Crippen LogP contribution in [0.15, 0.2) is 17.3 Å². The van der Waals surface area contributed by atoms with E-state index in [0.29, 0.717) is 13.2 Å². The van der Waals surface area contributed by atoms with Crippen molar-refractivity contribution in [1.29, 1.82) is 0 Å². The molecule has 0 radical (unpaired) electrons. The zero-order valence-electron chi connectivity index (χ0n) is 9.66. The number of aromatic nitrogens is 1. The minimum Gasteiger partial charge on any atom is -0.409 e. The first-order valence-corrected chi connectivity index (χ1v) is 4.96. The quantitative estimate of drug-likeness (QED) is 0.164. The van der Waals surface area contributed by atoms with Gasteiger partial charge in [-0.1, -0.05) is 5.16 Å². The number of nitrogens with one attached hydrogen (secondary N) is 1. The van der Waals surface area contributed by atoms with Crippen molar-refractivity contribution in [2.45, 2.75) is 0 Å². The average molecular weight is 255 g/mol. The van der Waals surface area contributed by atoms with Crippen molar-refractivity contribution in [2.24, 2.45) is 10.9 Å². The van der Waals surface area contributed by atoms with E-state index in [-0.39, 0.29) is 23.0 Å². The molecule has 0 saturated carbocycles. The molecule has 0 bridgehead atoms. The molecule has 0 unspecified atom stereocenters. The largest absolute Gasteiger partial charge is 0.409 e. The van der Waals surface area contributed by atoms with Gasteiger partial charge in [0.25, 0.3) is 0 Å². The molecule has 0 saturated heterocycles. The van der Waals surface area contributed by atoms with Crippen LogP contribution in [0, 0.1) is 10.1 Å². The molecule has 0 amide bonds. The van der Waals surface area contributed by atoms with E-state index in [1.54, 1.807) is 0 Å². The van der Waals surface area contributed by atoms with Gasteiger partial charge in [-0.15, -0.1) is 0 Å². The van der Waals surface area contributed by atoms with Gasteiger partial charge >= 0.3 is 5.69 Å². The van der Waals surface area contributed by atoms with Crippen molar-refractivity contribution in [3.8, 4) is 0 Å². The van der Waals surface area contributed by atoms with Crippen molar-refractivity contribution in [3.63, 3.8) is 0 Å². The number of pyridine rings is 1. The van der Waals surface area contributed by atoms with Gasteiger partial charge in [-0.25, -0.2) is 4.98 Å². The van der Waals surface area contributed by atoms with E-state index in [1.165, 1.54) is 19.2 Å². The molecule has 9 heteroatoms. The summed E-state index contributed by atoms with van der Waals surface area (Å²) in [5, 5.41) is 24.8. The maximum Gasteiger partial charge on any atom is 0.311 e. The second-order valence-corrected chi connectivity index (χ2v) is 3.23. The summed E-state index contributed by atoms with van der Waals surface area (Å²) in [4.78, 5) is 14.1. The summed E-state index contributed by atoms with van der Waals surface area (Å²) in [5.41, 5.74) is 5.31. The average Bonchev–Trinajstić information content (AvgIpc) is 2.37. The molecule has 0 atom stereocenters. The molecule has 18 heavy (non-hydrogen) atoms. The first-order valence-electron chi connectivity index (χ1n) is 4.96. The molecule has 1 rings (SSSR count). The molecule has 9 nitrogen and oxygen atoms in total. The summed E-state index contributed by atoms with van der Waals surface area (Å²) in [6.07, 6.45) is 0. The molecule has 0 fully saturated rings. The van der Waals surface area contributed by atoms with Crippen molar-refractivity contribution in [2.75, 3.05) is 25.6 Å². The van der Waals surface area contributed by atoms with E-state index in [2.05, 4.69) is 15.5 Å². The predicted molar refractivity (Wildman–Crippen MR) is 63.8 cm³/mol. The Morgan fingerprint density at radius 2 is 2.44 bits per heavy atom. The maximum absolute atomic E-state index is 10.8. The molecule has 1 heterocycles. The monoisotopic (exact) mass is 255 g/mol. The van der Waals surface area contributed by atoms with Gasteiger partial charge in [0.15, 0.2) is 5.84 Å². The van der Waals surface area contributed by atoms with Crippen LogP contribution < -0.4 is 11.1 Å². The smallest absolute Gasteiger partial charge is 0.311 e. The number of amidine groups is 1. The van der Waals surface area contributed by atoms with Gasteiger partial charge in [0, 0.05) is 19.7 Å². The lowest BCUT2D eigenvalue weighted by molar-refractivity contribution is -0.384. The third-order valence-electron chi connectivity index (χ3n) is 2.04. The summed E-state index contributed by atoms with van der Waals surface area (Å²) in [7, 11) is 1.51. The summed E-state index contributed by atoms with van der Waals surface area (Å²) in [6.45, 7) is 0.719. The standard InChI is InChI=1S/C9H13N5O4/c1-18-5-4-11-9-7(14(16)17)3-2-6(12-9)8(10)13-15/h2-3,15H,4-5H2,1H3,(H2,10,13)(H,11,12). The molecule has 98 valence electrons. The highest BCUT2D eigenvalue weighted by Crippen LogP contribution is 2.21. The lowest BCUT2D eigenvalue weighted by Gasteiger charge is -2.07. The molecule has 0 aliphatic rings. The van der Waals surface area contributed by atoms with Crippen LogP contribution >= 0.6 is 0 Å². The van der Waals surface area contributed by atoms with Crippen molar-refractivity contribution >= 4 is 17.3 Å². The molecule has 1 aromatic rings. The van der Waals surface area contributed by atoms with Gasteiger partial charge in [-0.2, -0.15) is 0 Å². The Kier molecular flexibility index (Phi) is 4.81. The van der Waals surface area contributed by atoms with Gasteiger partial charge in [0.05, 0.1) is 11.5 Å². The number of hydrogen-bond donors (Lipinski definition) is 3. The Balaban J connectivity index is 3.03. The van der Waals surface area contributed by atoms with E-state index in [9.17, 15) is 10.1 Å². The van der Waals surface area contributed by atoms with Crippen molar-refractivity contribution in [1.82, 2.24) is 4.98 Å². The maximum atomic E-state index is 10.8. The van der Waals surface area contributed by atoms with Crippen LogP contribution in [0.4, 0.5) is 11.5 Å². The van der Waals surface area contributed by atoms with Crippen LogP contribution in [0.5, 0.6) is 0 Å². The Bertz CT molecular complexity index is 462. The van der Waals surface area contributed by atoms with E-state index >= 15 is 0 Å². The van der Waals surface area contributed by atoms with Crippen molar-refractivity contribution in [3.05, 3.63) is 27.9 Å². The molecule has 0 aliphatic heterocycles. The number of methoxy groups -OCH3 is 1. The highest BCUT2D eigenvalue weighted by Gasteiger charge is 2.16. The fourth-order valence-corrected chi connectivity index (χ4v) is 1.19. The Morgan fingerprint density at radius 3 is 3.00 bits per heavy atom. The van der Waals surface area contributed by atoms with E-state index in [0.717, 1.165) is 0 Å². The van der Waals surface area contributed by atoms with Crippen LogP contribution in [0.25, 0.3) is 0 Å². The van der Waals surface area contributed by atoms with Crippen LogP contribution in [0.3, 0.4) is 0 Å². The van der Waals surface area contributed by atoms with Crippen LogP contribution in [0.2, 0.25) is 0 Å². The first kappa shape index (κ1) is 13.6. The number of nitro groups is 1. The SMILES string of the molecule is COCCNc1nc(C(N)=NO)ccc1[N+](=O)[O-]. The minimum atomic E-state index is -0.571. The number of anilines is 1. The summed E-state index contributed by atoms with van der Waals surface area (Å²) in [5.74, 6) is -0.180. The zero-order valence-corrected chi connectivity index (χ0v) is 9.66. The second-order valence-electron chi connectivity index (χ2n) is 3.23. The highest BCUT2D eigenvalue weighted by molar-refractivity contribution is 5.95. The number of oxime groups is 1. The van der Waals surface area contributed by atoms with Gasteiger partial charge < -0.3 is 21.0 Å². The fourth-order valence-electron chi connectivity index (χ4n) is 1.19. The molecule has 0 aliphatic carbocycles. The molecule has 0 aromatic carbocycles. The topological polar surface area (TPSA) is 136 Å². The summed E-state index contributed by atoms with van der Waals surface area (Å²) in [6, 6.07) is 2.53. The molecule has 1 aromatic heterocycles. The van der Waals surface area contributed by atoms with E-state index in [1.807, 2.05) is 0 Å².